The molecule has 2 heterocycles. The van der Waals surface area contributed by atoms with E-state index >= 15 is 0 Å². The quantitative estimate of drug-likeness (QED) is 0.240. The van der Waals surface area contributed by atoms with Crippen LogP contribution in [0.3, 0.4) is 0 Å². The molecule has 1 saturated heterocycles. The van der Waals surface area contributed by atoms with Gasteiger partial charge in [-0.1, -0.05) is 30.3 Å². The number of amides is 1. The number of benzene rings is 2. The van der Waals surface area contributed by atoms with E-state index in [4.69, 9.17) is 9.84 Å². The van der Waals surface area contributed by atoms with Gasteiger partial charge >= 0.3 is 5.97 Å². The van der Waals surface area contributed by atoms with Crippen LogP contribution in [-0.4, -0.2) is 60.6 Å². The van der Waals surface area contributed by atoms with Gasteiger partial charge in [0, 0.05) is 37.0 Å². The van der Waals surface area contributed by atoms with Crippen LogP contribution in [0.1, 0.15) is 32.3 Å². The maximum Gasteiger partial charge on any atom is 0.309 e. The number of nitrogens with zero attached hydrogens (tertiary/aromatic N) is 4. The predicted octanol–water partition coefficient (Wildman–Crippen LogP) is 3.55. The number of para-hydroxylation sites is 1. The molecule has 0 aliphatic carbocycles. The molecule has 1 aromatic heterocycles. The minimum Gasteiger partial charge on any atom is -0.466 e. The largest absolute Gasteiger partial charge is 0.466 e. The molecule has 10 nitrogen and oxygen atoms in total. The molecule has 40 heavy (non-hydrogen) atoms. The molecule has 1 fully saturated rings. The monoisotopic (exact) mass is 561 g/mol. The van der Waals surface area contributed by atoms with Crippen LogP contribution in [-0.2, 0) is 24.3 Å². The van der Waals surface area contributed by atoms with E-state index in [1.54, 1.807) is 42.9 Å². The molecule has 1 aliphatic heterocycles. The normalized spacial score (nSPS) is 14.9. The summed E-state index contributed by atoms with van der Waals surface area (Å²) < 4.78 is 35.2. The second kappa shape index (κ2) is 12.7. The first-order valence-electron chi connectivity index (χ1n) is 13.1. The number of esters is 1. The SMILES string of the molecule is CCNC(=O)/C(C#N)=C\c1cn(-c2ccccc2)nc1-c1cccc(S(=O)(=O)N2CCC(C(=O)OCC)CC2)c1. The van der Waals surface area contributed by atoms with Crippen molar-refractivity contribution in [1.29, 1.82) is 5.26 Å². The topological polar surface area (TPSA) is 134 Å². The van der Waals surface area contributed by atoms with Crippen LogP contribution >= 0.6 is 0 Å². The van der Waals surface area contributed by atoms with Gasteiger partial charge in [0.15, 0.2) is 0 Å². The van der Waals surface area contributed by atoms with E-state index in [1.807, 2.05) is 36.4 Å². The highest BCUT2D eigenvalue weighted by Gasteiger charge is 2.33. The Hall–Kier alpha value is -4.27. The van der Waals surface area contributed by atoms with Crippen LogP contribution in [0.2, 0.25) is 0 Å². The van der Waals surface area contributed by atoms with E-state index in [9.17, 15) is 23.3 Å². The van der Waals surface area contributed by atoms with Crippen molar-refractivity contribution in [3.8, 4) is 23.0 Å². The zero-order valence-corrected chi connectivity index (χ0v) is 23.2. The number of hydrogen-bond donors (Lipinski definition) is 1. The summed E-state index contributed by atoms with van der Waals surface area (Å²) in [6.07, 6.45) is 3.94. The van der Waals surface area contributed by atoms with E-state index < -0.39 is 15.9 Å². The minimum atomic E-state index is -3.85. The van der Waals surface area contributed by atoms with E-state index in [1.165, 1.54) is 16.4 Å². The minimum absolute atomic E-state index is 0.0907. The first kappa shape index (κ1) is 28.7. The van der Waals surface area contributed by atoms with E-state index in [2.05, 4.69) is 5.32 Å². The molecule has 1 amide bonds. The number of carbonyl (C=O) groups is 2. The second-order valence-electron chi connectivity index (χ2n) is 9.20. The molecule has 11 heteroatoms. The third kappa shape index (κ3) is 6.30. The van der Waals surface area contributed by atoms with E-state index in [0.717, 1.165) is 5.69 Å². The maximum absolute atomic E-state index is 13.5. The number of sulfonamides is 1. The Morgan fingerprint density at radius 3 is 2.50 bits per heavy atom. The summed E-state index contributed by atoms with van der Waals surface area (Å²) in [5.74, 6) is -1.11. The van der Waals surface area contributed by atoms with Gasteiger partial charge in [-0.15, -0.1) is 0 Å². The fourth-order valence-corrected chi connectivity index (χ4v) is 6.05. The molecule has 0 unspecified atom stereocenters. The Bertz CT molecular complexity index is 1550. The molecule has 1 N–H and O–H groups in total. The maximum atomic E-state index is 13.5. The van der Waals surface area contributed by atoms with Gasteiger partial charge in [0.05, 0.1) is 23.1 Å². The summed E-state index contributed by atoms with van der Waals surface area (Å²) in [6.45, 7) is 4.59. The number of piperidine rings is 1. The number of aromatic nitrogens is 2. The standard InChI is InChI=1S/C29H31N5O5S/c1-3-31-28(35)23(19-30)17-24-20-34(25-10-6-5-7-11-25)32-27(24)22-9-8-12-26(18-22)40(37,38)33-15-13-21(14-16-33)29(36)39-4-2/h5-12,17-18,20-21H,3-4,13-16H2,1-2H3,(H,31,35)/b23-17-. The lowest BCUT2D eigenvalue weighted by Gasteiger charge is -2.30. The molecule has 2 aromatic carbocycles. The molecule has 0 bridgehead atoms. The number of hydrogen-bond acceptors (Lipinski definition) is 7. The predicted molar refractivity (Wildman–Crippen MR) is 149 cm³/mol. The first-order chi connectivity index (χ1) is 19.3. The molecule has 4 rings (SSSR count). The number of carbonyl (C=O) groups excluding carboxylic acids is 2. The highest BCUT2D eigenvalue weighted by Crippen LogP contribution is 2.30. The van der Waals surface area contributed by atoms with Gasteiger partial charge in [0.2, 0.25) is 10.0 Å². The van der Waals surface area contributed by atoms with Crippen molar-refractivity contribution < 1.29 is 22.7 Å². The summed E-state index contributed by atoms with van der Waals surface area (Å²) in [5, 5.41) is 17.0. The number of nitriles is 1. The highest BCUT2D eigenvalue weighted by molar-refractivity contribution is 7.89. The lowest BCUT2D eigenvalue weighted by molar-refractivity contribution is -0.149. The fraction of sp³-hybridized carbons (Fsp3) is 0.310. The van der Waals surface area contributed by atoms with Crippen molar-refractivity contribution in [2.45, 2.75) is 31.6 Å². The summed E-state index contributed by atoms with van der Waals surface area (Å²) in [7, 11) is -3.85. The van der Waals surface area contributed by atoms with Gasteiger partial charge in [-0.3, -0.25) is 9.59 Å². The Morgan fingerprint density at radius 1 is 1.12 bits per heavy atom. The fourth-order valence-electron chi connectivity index (χ4n) is 4.54. The summed E-state index contributed by atoms with van der Waals surface area (Å²) >= 11 is 0. The van der Waals surface area contributed by atoms with Gasteiger partial charge in [0.1, 0.15) is 17.3 Å². The molecule has 0 atom stereocenters. The van der Waals surface area contributed by atoms with E-state index in [-0.39, 0.29) is 35.4 Å². The molecule has 208 valence electrons. The van der Waals surface area contributed by atoms with Gasteiger partial charge in [-0.05, 0) is 57.0 Å². The van der Waals surface area contributed by atoms with Crippen LogP contribution in [0.4, 0.5) is 0 Å². The number of ether oxygens (including phenoxy) is 1. The van der Waals surface area contributed by atoms with Crippen molar-refractivity contribution in [2.24, 2.45) is 5.92 Å². The third-order valence-electron chi connectivity index (χ3n) is 6.58. The van der Waals surface area contributed by atoms with Gasteiger partial charge in [-0.25, -0.2) is 13.1 Å². The van der Waals surface area contributed by atoms with Crippen molar-refractivity contribution in [1.82, 2.24) is 19.4 Å². The lowest BCUT2D eigenvalue weighted by Crippen LogP contribution is -2.40. The van der Waals surface area contributed by atoms with Crippen molar-refractivity contribution in [2.75, 3.05) is 26.2 Å². The van der Waals surface area contributed by atoms with Crippen LogP contribution in [0.5, 0.6) is 0 Å². The summed E-state index contributed by atoms with van der Waals surface area (Å²) in [5.41, 5.74) is 2.07. The smallest absolute Gasteiger partial charge is 0.309 e. The zero-order valence-electron chi connectivity index (χ0n) is 22.4. The number of nitrogens with one attached hydrogen (secondary N) is 1. The Labute approximate surface area is 233 Å². The lowest BCUT2D eigenvalue weighted by atomic mass is 9.98. The Balaban J connectivity index is 1.70. The zero-order chi connectivity index (χ0) is 28.7. The van der Waals surface area contributed by atoms with Crippen molar-refractivity contribution in [3.05, 3.63) is 71.9 Å². The molecule has 3 aromatic rings. The van der Waals surface area contributed by atoms with Gasteiger partial charge in [-0.2, -0.15) is 14.7 Å². The average Bonchev–Trinajstić information content (AvgIpc) is 3.40. The van der Waals surface area contributed by atoms with Gasteiger partial charge in [0.25, 0.3) is 5.91 Å². The molecular weight excluding hydrogens is 530 g/mol. The van der Waals surface area contributed by atoms with Crippen molar-refractivity contribution in [3.63, 3.8) is 0 Å². The molecule has 1 aliphatic rings. The summed E-state index contributed by atoms with van der Waals surface area (Å²) in [6, 6.07) is 17.7. The summed E-state index contributed by atoms with van der Waals surface area (Å²) in [4.78, 5) is 24.6. The van der Waals surface area contributed by atoms with Crippen LogP contribution in [0.25, 0.3) is 23.0 Å². The number of likely N-dealkylation sites (N-methyl/N-ethyl adjacent to an activating group) is 1. The second-order valence-corrected chi connectivity index (χ2v) is 11.1. The molecule has 0 spiro atoms. The molecule has 0 saturated carbocycles. The Kier molecular flexibility index (Phi) is 9.14. The highest BCUT2D eigenvalue weighted by atomic mass is 32.2. The molecule has 0 radical (unpaired) electrons. The van der Waals surface area contributed by atoms with E-state index in [0.29, 0.717) is 42.8 Å². The number of rotatable bonds is 9. The first-order valence-corrected chi connectivity index (χ1v) is 14.5. The third-order valence-corrected chi connectivity index (χ3v) is 8.48. The molecular formula is C29H31N5O5S. The average molecular weight is 562 g/mol. The van der Waals surface area contributed by atoms with Crippen LogP contribution < -0.4 is 5.32 Å². The Morgan fingerprint density at radius 2 is 1.85 bits per heavy atom. The van der Waals surface area contributed by atoms with Crippen molar-refractivity contribution >= 4 is 28.0 Å². The van der Waals surface area contributed by atoms with Gasteiger partial charge < -0.3 is 10.1 Å². The van der Waals surface area contributed by atoms with Crippen LogP contribution in [0, 0.1) is 17.2 Å². The van der Waals surface area contributed by atoms with Crippen LogP contribution in [0.15, 0.2) is 71.3 Å².